The molecule has 1 aliphatic carbocycles. The molecule has 0 spiro atoms. The summed E-state index contributed by atoms with van der Waals surface area (Å²) in [5, 5.41) is 9.36. The lowest BCUT2D eigenvalue weighted by Gasteiger charge is -2.28. The zero-order chi connectivity index (χ0) is 24.0. The van der Waals surface area contributed by atoms with Gasteiger partial charge in [-0.25, -0.2) is 0 Å². The number of rotatable bonds is 23. The van der Waals surface area contributed by atoms with E-state index >= 15 is 0 Å². The number of hydrogen-bond donors (Lipinski definition) is 1. The Hall–Kier alpha value is -0.610. The summed E-state index contributed by atoms with van der Waals surface area (Å²) in [6.07, 6.45) is 24.5. The molecule has 1 atom stereocenters. The minimum Gasteiger partial charge on any atom is -0.465 e. The second-order valence-electron chi connectivity index (χ2n) is 10.5. The number of nitrogens with zero attached hydrogens (tertiary/aromatic N) is 1. The van der Waals surface area contributed by atoms with E-state index in [1.54, 1.807) is 0 Å². The lowest BCUT2D eigenvalue weighted by molar-refractivity contribution is -0.145. The molecule has 0 bridgehead atoms. The van der Waals surface area contributed by atoms with E-state index in [1.165, 1.54) is 103 Å². The van der Waals surface area contributed by atoms with Crippen LogP contribution in [0.1, 0.15) is 142 Å². The quantitative estimate of drug-likeness (QED) is 0.124. The molecule has 0 aliphatic heterocycles. The minimum absolute atomic E-state index is 0.000453. The molecule has 0 saturated heterocycles. The maximum atomic E-state index is 12.3. The minimum atomic E-state index is -0.000453. The van der Waals surface area contributed by atoms with Crippen LogP contribution in [-0.2, 0) is 9.53 Å². The number of esters is 1. The van der Waals surface area contributed by atoms with E-state index in [1.807, 2.05) is 0 Å². The first-order valence-electron chi connectivity index (χ1n) is 14.7. The van der Waals surface area contributed by atoms with E-state index in [4.69, 9.17) is 4.74 Å². The molecule has 1 N–H and O–H groups in total. The number of ether oxygens (including phenoxy) is 1. The molecule has 1 rings (SSSR count). The fourth-order valence-corrected chi connectivity index (χ4v) is 5.30. The summed E-state index contributed by atoms with van der Waals surface area (Å²) in [4.78, 5) is 14.8. The Labute approximate surface area is 206 Å². The number of carbonyl (C=O) groups excluding carboxylic acids is 1. The SMILES string of the molecule is CCCCCCCCC(CCCCCC)COC(=O)CCCCCN(CCO)C1CCCC1. The summed E-state index contributed by atoms with van der Waals surface area (Å²) in [6, 6.07) is 0.669. The van der Waals surface area contributed by atoms with Gasteiger partial charge in [0, 0.05) is 19.0 Å². The maximum absolute atomic E-state index is 12.3. The summed E-state index contributed by atoms with van der Waals surface area (Å²) in [7, 11) is 0. The lowest BCUT2D eigenvalue weighted by Crippen LogP contribution is -2.36. The van der Waals surface area contributed by atoms with Crippen LogP contribution in [0, 0.1) is 5.92 Å². The molecule has 0 aromatic heterocycles. The maximum Gasteiger partial charge on any atom is 0.305 e. The van der Waals surface area contributed by atoms with Crippen LogP contribution in [0.2, 0.25) is 0 Å². The van der Waals surface area contributed by atoms with E-state index in [9.17, 15) is 9.90 Å². The molecule has 4 nitrogen and oxygen atoms in total. The van der Waals surface area contributed by atoms with E-state index in [0.717, 1.165) is 32.4 Å². The third-order valence-corrected chi connectivity index (χ3v) is 7.47. The molecule has 0 heterocycles. The van der Waals surface area contributed by atoms with Gasteiger partial charge in [-0.3, -0.25) is 9.69 Å². The topological polar surface area (TPSA) is 49.8 Å². The summed E-state index contributed by atoms with van der Waals surface area (Å²) >= 11 is 0. The highest BCUT2D eigenvalue weighted by atomic mass is 16.5. The van der Waals surface area contributed by atoms with Crippen LogP contribution in [0.5, 0.6) is 0 Å². The highest BCUT2D eigenvalue weighted by Crippen LogP contribution is 2.24. The van der Waals surface area contributed by atoms with Gasteiger partial charge in [-0.2, -0.15) is 0 Å². The third-order valence-electron chi connectivity index (χ3n) is 7.47. The number of aliphatic hydroxyl groups excluding tert-OH is 1. The Morgan fingerprint density at radius 2 is 1.39 bits per heavy atom. The van der Waals surface area contributed by atoms with Crippen LogP contribution in [0.25, 0.3) is 0 Å². The Balaban J connectivity index is 2.18. The largest absolute Gasteiger partial charge is 0.465 e. The molecule has 0 aromatic rings. The van der Waals surface area contributed by atoms with Gasteiger partial charge in [-0.15, -0.1) is 0 Å². The molecule has 0 aromatic carbocycles. The lowest BCUT2D eigenvalue weighted by atomic mass is 9.95. The van der Waals surface area contributed by atoms with Gasteiger partial charge in [-0.05, 0) is 51.0 Å². The predicted octanol–water partition coefficient (Wildman–Crippen LogP) is 7.66. The van der Waals surface area contributed by atoms with E-state index in [0.29, 0.717) is 25.0 Å². The predicted molar refractivity (Wildman–Crippen MR) is 141 cm³/mol. The van der Waals surface area contributed by atoms with Gasteiger partial charge in [0.1, 0.15) is 0 Å². The van der Waals surface area contributed by atoms with Crippen LogP contribution >= 0.6 is 0 Å². The summed E-state index contributed by atoms with van der Waals surface area (Å²) in [5.41, 5.74) is 0. The van der Waals surface area contributed by atoms with Gasteiger partial charge in [0.05, 0.1) is 13.2 Å². The van der Waals surface area contributed by atoms with E-state index in [-0.39, 0.29) is 12.6 Å². The standard InChI is InChI=1S/C29H57NO3/c1-3-5-7-9-10-13-19-27(18-12-8-6-4-2)26-33-29(32)22-14-11-17-23-30(24-25-31)28-20-15-16-21-28/h27-28,31H,3-26H2,1-2H3. The third kappa shape index (κ3) is 16.6. The van der Waals surface area contributed by atoms with E-state index < -0.39 is 0 Å². The number of carbonyl (C=O) groups is 1. The van der Waals surface area contributed by atoms with Crippen molar-refractivity contribution in [1.82, 2.24) is 4.90 Å². The fourth-order valence-electron chi connectivity index (χ4n) is 5.30. The van der Waals surface area contributed by atoms with Crippen LogP contribution in [0.15, 0.2) is 0 Å². The second-order valence-corrected chi connectivity index (χ2v) is 10.5. The number of aliphatic hydroxyl groups is 1. The molecular formula is C29H57NO3. The van der Waals surface area contributed by atoms with Crippen LogP contribution in [0.4, 0.5) is 0 Å². The second kappa shape index (κ2) is 21.9. The Morgan fingerprint density at radius 3 is 2.03 bits per heavy atom. The Bertz CT molecular complexity index is 437. The van der Waals surface area contributed by atoms with Gasteiger partial charge in [0.25, 0.3) is 0 Å². The highest BCUT2D eigenvalue weighted by molar-refractivity contribution is 5.69. The Morgan fingerprint density at radius 1 is 0.818 bits per heavy atom. The zero-order valence-corrected chi connectivity index (χ0v) is 22.3. The van der Waals surface area contributed by atoms with E-state index in [2.05, 4.69) is 18.7 Å². The molecule has 0 amide bonds. The first kappa shape index (κ1) is 30.4. The molecular weight excluding hydrogens is 410 g/mol. The molecule has 4 heteroatoms. The van der Waals surface area contributed by atoms with Crippen molar-refractivity contribution in [3.63, 3.8) is 0 Å². The average molecular weight is 468 g/mol. The van der Waals surface area contributed by atoms with Crippen molar-refractivity contribution in [2.75, 3.05) is 26.3 Å². The fraction of sp³-hybridized carbons (Fsp3) is 0.966. The van der Waals surface area contributed by atoms with Crippen molar-refractivity contribution in [1.29, 1.82) is 0 Å². The molecule has 33 heavy (non-hydrogen) atoms. The summed E-state index contributed by atoms with van der Waals surface area (Å²) < 4.78 is 5.72. The first-order valence-corrected chi connectivity index (χ1v) is 14.7. The Kier molecular flexibility index (Phi) is 20.2. The van der Waals surface area contributed by atoms with Gasteiger partial charge in [-0.1, -0.05) is 97.3 Å². The molecule has 1 aliphatic rings. The van der Waals surface area contributed by atoms with Gasteiger partial charge in [0.15, 0.2) is 0 Å². The molecule has 1 saturated carbocycles. The van der Waals surface area contributed by atoms with Gasteiger partial charge >= 0.3 is 5.97 Å². The normalized spacial score (nSPS) is 15.4. The number of hydrogen-bond acceptors (Lipinski definition) is 4. The molecule has 1 fully saturated rings. The molecule has 196 valence electrons. The van der Waals surface area contributed by atoms with Crippen LogP contribution in [0.3, 0.4) is 0 Å². The van der Waals surface area contributed by atoms with Crippen molar-refractivity contribution in [2.45, 2.75) is 148 Å². The molecule has 1 unspecified atom stereocenters. The average Bonchev–Trinajstić information content (AvgIpc) is 3.35. The van der Waals surface area contributed by atoms with Crippen LogP contribution in [-0.4, -0.2) is 48.3 Å². The summed E-state index contributed by atoms with van der Waals surface area (Å²) in [6.45, 7) is 7.26. The summed E-state index contributed by atoms with van der Waals surface area (Å²) in [5.74, 6) is 0.551. The van der Waals surface area contributed by atoms with Crippen molar-refractivity contribution in [3.8, 4) is 0 Å². The van der Waals surface area contributed by atoms with Crippen molar-refractivity contribution < 1.29 is 14.6 Å². The highest BCUT2D eigenvalue weighted by Gasteiger charge is 2.21. The van der Waals surface area contributed by atoms with Crippen molar-refractivity contribution >= 4 is 5.97 Å². The zero-order valence-electron chi connectivity index (χ0n) is 22.3. The van der Waals surface area contributed by atoms with Gasteiger partial charge < -0.3 is 9.84 Å². The van der Waals surface area contributed by atoms with Crippen molar-refractivity contribution in [2.24, 2.45) is 5.92 Å². The smallest absolute Gasteiger partial charge is 0.305 e. The first-order chi connectivity index (χ1) is 16.2. The van der Waals surface area contributed by atoms with Gasteiger partial charge in [0.2, 0.25) is 0 Å². The molecule has 0 radical (unpaired) electrons. The number of unbranched alkanes of at least 4 members (excludes halogenated alkanes) is 10. The van der Waals surface area contributed by atoms with Crippen molar-refractivity contribution in [3.05, 3.63) is 0 Å². The monoisotopic (exact) mass is 467 g/mol. The van der Waals surface area contributed by atoms with Crippen LogP contribution < -0.4 is 0 Å².